The van der Waals surface area contributed by atoms with Crippen LogP contribution >= 0.6 is 15.9 Å². The number of hydrazine groups is 1. The van der Waals surface area contributed by atoms with Gasteiger partial charge in [-0.05, 0) is 31.5 Å². The number of hydrogen-bond donors (Lipinski definition) is 2. The molecule has 110 valence electrons. The number of hydrogen-bond acceptors (Lipinski definition) is 3. The van der Waals surface area contributed by atoms with Crippen molar-refractivity contribution < 1.29 is 14.3 Å². The number of halogens is 1. The third-order valence-corrected chi connectivity index (χ3v) is 3.05. The molecule has 0 aliphatic carbocycles. The van der Waals surface area contributed by atoms with Crippen LogP contribution in [0.15, 0.2) is 28.7 Å². The normalized spacial score (nSPS) is 11.6. The average molecular weight is 343 g/mol. The number of carbonyl (C=O) groups excluding carboxylic acids is 2. The molecule has 5 nitrogen and oxygen atoms in total. The van der Waals surface area contributed by atoms with Crippen molar-refractivity contribution in [2.75, 3.05) is 0 Å². The molecule has 2 amide bonds. The Balaban J connectivity index is 2.37. The van der Waals surface area contributed by atoms with Gasteiger partial charge in [0.25, 0.3) is 5.91 Å². The minimum absolute atomic E-state index is 0.199. The molecule has 0 radical (unpaired) electrons. The number of ether oxygens (including phenoxy) is 1. The summed E-state index contributed by atoms with van der Waals surface area (Å²) >= 11 is 3.33. The largest absolute Gasteiger partial charge is 0.481 e. The van der Waals surface area contributed by atoms with Gasteiger partial charge in [0.2, 0.25) is 5.91 Å². The topological polar surface area (TPSA) is 67.4 Å². The fourth-order valence-corrected chi connectivity index (χ4v) is 1.81. The Morgan fingerprint density at radius 2 is 2.10 bits per heavy atom. The van der Waals surface area contributed by atoms with Crippen LogP contribution in [0.4, 0.5) is 0 Å². The van der Waals surface area contributed by atoms with Crippen molar-refractivity contribution in [2.45, 2.75) is 39.2 Å². The summed E-state index contributed by atoms with van der Waals surface area (Å²) in [6, 6.07) is 7.21. The highest BCUT2D eigenvalue weighted by Crippen LogP contribution is 2.18. The van der Waals surface area contributed by atoms with Crippen LogP contribution in [-0.2, 0) is 9.59 Å². The van der Waals surface area contributed by atoms with Crippen molar-refractivity contribution >= 4 is 27.7 Å². The summed E-state index contributed by atoms with van der Waals surface area (Å²) < 4.78 is 6.35. The molecule has 2 N–H and O–H groups in total. The highest BCUT2D eigenvalue weighted by atomic mass is 79.9. The zero-order valence-corrected chi connectivity index (χ0v) is 13.2. The highest BCUT2D eigenvalue weighted by molar-refractivity contribution is 9.10. The van der Waals surface area contributed by atoms with E-state index in [4.69, 9.17) is 4.74 Å². The average Bonchev–Trinajstić information content (AvgIpc) is 2.42. The molecule has 6 heteroatoms. The van der Waals surface area contributed by atoms with E-state index in [0.717, 1.165) is 17.3 Å². The Morgan fingerprint density at radius 1 is 1.35 bits per heavy atom. The Bertz CT molecular complexity index is 465. The molecule has 0 saturated heterocycles. The van der Waals surface area contributed by atoms with Crippen molar-refractivity contribution in [3.63, 3.8) is 0 Å². The Kier molecular flexibility index (Phi) is 7.08. The molecule has 0 aliphatic rings. The number of amides is 2. The monoisotopic (exact) mass is 342 g/mol. The van der Waals surface area contributed by atoms with Crippen molar-refractivity contribution in [3.8, 4) is 5.75 Å². The first-order valence-corrected chi connectivity index (χ1v) is 7.33. The molecule has 1 unspecified atom stereocenters. The first-order valence-electron chi connectivity index (χ1n) is 6.54. The molecule has 0 aromatic heterocycles. The van der Waals surface area contributed by atoms with Crippen molar-refractivity contribution in [3.05, 3.63) is 28.7 Å². The van der Waals surface area contributed by atoms with Gasteiger partial charge in [0, 0.05) is 10.9 Å². The molecule has 1 aromatic carbocycles. The van der Waals surface area contributed by atoms with Gasteiger partial charge in [-0.15, -0.1) is 0 Å². The summed E-state index contributed by atoms with van der Waals surface area (Å²) in [7, 11) is 0. The van der Waals surface area contributed by atoms with Gasteiger partial charge in [0.15, 0.2) is 6.10 Å². The van der Waals surface area contributed by atoms with Gasteiger partial charge in [-0.1, -0.05) is 35.3 Å². The summed E-state index contributed by atoms with van der Waals surface area (Å²) in [6.07, 6.45) is 1.43. The standard InChI is InChI=1S/C14H19BrN2O3/c1-3-4-8-13(18)16-17-14(19)10(2)20-12-7-5-6-11(15)9-12/h5-7,9-10H,3-4,8H2,1-2H3,(H,16,18)(H,17,19). The zero-order chi connectivity index (χ0) is 15.0. The molecule has 0 aliphatic heterocycles. The maximum absolute atomic E-state index is 11.7. The fraction of sp³-hybridized carbons (Fsp3) is 0.429. The second kappa shape index (κ2) is 8.58. The number of carbonyl (C=O) groups is 2. The van der Waals surface area contributed by atoms with Crippen LogP contribution in [0, 0.1) is 0 Å². The van der Waals surface area contributed by atoms with Crippen molar-refractivity contribution in [1.29, 1.82) is 0 Å². The quantitative estimate of drug-likeness (QED) is 0.780. The molecule has 1 aromatic rings. The van der Waals surface area contributed by atoms with Crippen LogP contribution in [0.3, 0.4) is 0 Å². The zero-order valence-electron chi connectivity index (χ0n) is 11.6. The van der Waals surface area contributed by atoms with Gasteiger partial charge in [0.05, 0.1) is 0 Å². The lowest BCUT2D eigenvalue weighted by molar-refractivity contribution is -0.132. The SMILES string of the molecule is CCCCC(=O)NNC(=O)C(C)Oc1cccc(Br)c1. The summed E-state index contributed by atoms with van der Waals surface area (Å²) in [5, 5.41) is 0. The maximum atomic E-state index is 11.7. The van der Waals surface area contributed by atoms with Gasteiger partial charge in [-0.2, -0.15) is 0 Å². The molecule has 20 heavy (non-hydrogen) atoms. The molecule has 0 saturated carbocycles. The minimum atomic E-state index is -0.698. The second-order valence-corrected chi connectivity index (χ2v) is 5.27. The minimum Gasteiger partial charge on any atom is -0.481 e. The third-order valence-electron chi connectivity index (χ3n) is 2.56. The van der Waals surface area contributed by atoms with E-state index in [9.17, 15) is 9.59 Å². The van der Waals surface area contributed by atoms with E-state index in [2.05, 4.69) is 26.8 Å². The summed E-state index contributed by atoms with van der Waals surface area (Å²) in [5.41, 5.74) is 4.72. The van der Waals surface area contributed by atoms with Crippen molar-refractivity contribution in [1.82, 2.24) is 10.9 Å². The van der Waals surface area contributed by atoms with Crippen LogP contribution in [0.25, 0.3) is 0 Å². The smallest absolute Gasteiger partial charge is 0.279 e. The molecule has 1 rings (SSSR count). The second-order valence-electron chi connectivity index (χ2n) is 4.36. The van der Waals surface area contributed by atoms with Gasteiger partial charge in [0.1, 0.15) is 5.75 Å². The summed E-state index contributed by atoms with van der Waals surface area (Å²) in [5.74, 6) is -0.0102. The van der Waals surface area contributed by atoms with Crippen LogP contribution in [-0.4, -0.2) is 17.9 Å². The first-order chi connectivity index (χ1) is 9.52. The van der Waals surface area contributed by atoms with Crippen molar-refractivity contribution in [2.24, 2.45) is 0 Å². The van der Waals surface area contributed by atoms with Gasteiger partial charge >= 0.3 is 0 Å². The van der Waals surface area contributed by atoms with Crippen LogP contribution in [0.1, 0.15) is 33.1 Å². The lowest BCUT2D eigenvalue weighted by Gasteiger charge is -2.15. The first kappa shape index (κ1) is 16.5. The van der Waals surface area contributed by atoms with E-state index in [0.29, 0.717) is 12.2 Å². The van der Waals surface area contributed by atoms with Crippen LogP contribution in [0.5, 0.6) is 5.75 Å². The lowest BCUT2D eigenvalue weighted by Crippen LogP contribution is -2.47. The molecule has 0 bridgehead atoms. The molecular weight excluding hydrogens is 324 g/mol. The van der Waals surface area contributed by atoms with Gasteiger partial charge in [-0.25, -0.2) is 0 Å². The van der Waals surface area contributed by atoms with Gasteiger partial charge in [-0.3, -0.25) is 20.4 Å². The maximum Gasteiger partial charge on any atom is 0.279 e. The Hall–Kier alpha value is -1.56. The summed E-state index contributed by atoms with van der Waals surface area (Å²) in [6.45, 7) is 3.62. The number of unbranched alkanes of at least 4 members (excludes halogenated alkanes) is 1. The van der Waals surface area contributed by atoms with E-state index in [1.54, 1.807) is 19.1 Å². The molecule has 1 atom stereocenters. The molecule has 0 spiro atoms. The predicted octanol–water partition coefficient (Wildman–Crippen LogP) is 2.55. The number of benzene rings is 1. The Morgan fingerprint density at radius 3 is 2.75 bits per heavy atom. The fourth-order valence-electron chi connectivity index (χ4n) is 1.43. The van der Waals surface area contributed by atoms with E-state index < -0.39 is 12.0 Å². The summed E-state index contributed by atoms with van der Waals surface area (Å²) in [4.78, 5) is 23.1. The number of nitrogens with one attached hydrogen (secondary N) is 2. The Labute approximate surface area is 127 Å². The molecule has 0 heterocycles. The van der Waals surface area contributed by atoms with E-state index in [1.807, 2.05) is 19.1 Å². The highest BCUT2D eigenvalue weighted by Gasteiger charge is 2.15. The molecule has 0 fully saturated rings. The van der Waals surface area contributed by atoms with E-state index in [1.165, 1.54) is 0 Å². The predicted molar refractivity (Wildman–Crippen MR) is 80.0 cm³/mol. The van der Waals surface area contributed by atoms with E-state index in [-0.39, 0.29) is 5.91 Å². The van der Waals surface area contributed by atoms with E-state index >= 15 is 0 Å². The lowest BCUT2D eigenvalue weighted by atomic mass is 10.2. The van der Waals surface area contributed by atoms with Crippen LogP contribution in [0.2, 0.25) is 0 Å². The number of rotatable bonds is 6. The van der Waals surface area contributed by atoms with Gasteiger partial charge < -0.3 is 4.74 Å². The molecular formula is C14H19BrN2O3. The third kappa shape index (κ3) is 6.06. The van der Waals surface area contributed by atoms with Crippen LogP contribution < -0.4 is 15.6 Å².